The van der Waals surface area contributed by atoms with E-state index in [0.717, 1.165) is 95.8 Å². The number of esters is 4. The quantitative estimate of drug-likeness (QED) is 0.0222. The lowest BCUT2D eigenvalue weighted by atomic mass is 10.0. The molecule has 0 aromatic rings. The van der Waals surface area contributed by atoms with E-state index in [1.54, 1.807) is 0 Å². The molecule has 100 heavy (non-hydrogen) atoms. The van der Waals surface area contributed by atoms with Gasteiger partial charge in [0, 0.05) is 25.7 Å². The molecule has 0 aromatic carbocycles. The average molecular weight is 1470 g/mol. The summed E-state index contributed by atoms with van der Waals surface area (Å²) < 4.78 is 68.7. The maximum atomic E-state index is 13.1. The number of carbonyl (C=O) groups is 4. The maximum absolute atomic E-state index is 13.1. The van der Waals surface area contributed by atoms with E-state index in [-0.39, 0.29) is 25.7 Å². The van der Waals surface area contributed by atoms with Crippen LogP contribution in [0.15, 0.2) is 0 Å². The number of ether oxygens (including phenoxy) is 4. The Morgan fingerprint density at radius 2 is 0.460 bits per heavy atom. The summed E-state index contributed by atoms with van der Waals surface area (Å²) in [4.78, 5) is 73.0. The number of hydrogen-bond acceptors (Lipinski definition) is 15. The van der Waals surface area contributed by atoms with Gasteiger partial charge in [-0.25, -0.2) is 9.13 Å². The fourth-order valence-corrected chi connectivity index (χ4v) is 14.2. The summed E-state index contributed by atoms with van der Waals surface area (Å²) in [7, 11) is -9.92. The monoisotopic (exact) mass is 1470 g/mol. The Hall–Kier alpha value is -1.94. The van der Waals surface area contributed by atoms with Gasteiger partial charge in [0.15, 0.2) is 12.2 Å². The SMILES string of the molecule is CCCCCCCCCCCCCCCCCCCC(=O)OC[C@H](COP(=O)(O)OC[C@@H](O)COP(=O)(O)OC[C@@H](COC(=O)CCCCCCCCCCCCCC)OC(=O)CCCCCCCCCCCCCC)OC(=O)CCCCCCCCCCCCCCCCCCC(C)C. The molecule has 0 radical (unpaired) electrons. The van der Waals surface area contributed by atoms with Crippen molar-refractivity contribution in [1.82, 2.24) is 0 Å². The summed E-state index contributed by atoms with van der Waals surface area (Å²) in [5.41, 5.74) is 0. The van der Waals surface area contributed by atoms with Gasteiger partial charge in [0.2, 0.25) is 0 Å². The van der Waals surface area contributed by atoms with Crippen molar-refractivity contribution in [2.75, 3.05) is 39.6 Å². The molecule has 0 saturated heterocycles. The Morgan fingerprint density at radius 1 is 0.270 bits per heavy atom. The second-order valence-electron chi connectivity index (χ2n) is 29.6. The summed E-state index contributed by atoms with van der Waals surface area (Å²) in [6.07, 6.45) is 65.1. The van der Waals surface area contributed by atoms with E-state index in [9.17, 15) is 43.2 Å². The standard InChI is InChI=1S/C81H158O17P2/c1-6-9-12-15-18-21-24-27-28-29-33-36-41-45-50-55-60-65-79(84)92-71-77(98-81(86)67-62-57-52-47-42-37-34-31-30-32-35-38-43-48-53-58-63-74(4)5)73-96-100(89,90)94-69-75(82)68-93-99(87,88)95-72-76(97-80(85)66-61-56-51-46-40-26-23-20-17-14-11-8-3)70-91-78(83)64-59-54-49-44-39-25-22-19-16-13-10-7-2/h74-77,82H,6-73H2,1-5H3,(H,87,88)(H,89,90)/t75-,76+,77+/m0/s1. The average Bonchev–Trinajstić information content (AvgIpc) is 0.936. The molecule has 0 fully saturated rings. The molecule has 0 aliphatic carbocycles. The van der Waals surface area contributed by atoms with E-state index in [2.05, 4.69) is 34.6 Å². The molecular weight excluding hydrogens is 1310 g/mol. The van der Waals surface area contributed by atoms with Crippen LogP contribution in [-0.4, -0.2) is 96.7 Å². The predicted molar refractivity (Wildman–Crippen MR) is 409 cm³/mol. The Morgan fingerprint density at radius 3 is 0.680 bits per heavy atom. The lowest BCUT2D eigenvalue weighted by Gasteiger charge is -2.21. The van der Waals surface area contributed by atoms with E-state index in [1.807, 2.05) is 0 Å². The van der Waals surface area contributed by atoms with Crippen LogP contribution >= 0.6 is 15.6 Å². The van der Waals surface area contributed by atoms with Crippen molar-refractivity contribution in [2.24, 2.45) is 5.92 Å². The summed E-state index contributed by atoms with van der Waals surface area (Å²) >= 11 is 0. The lowest BCUT2D eigenvalue weighted by Crippen LogP contribution is -2.30. The molecule has 5 atom stereocenters. The molecule has 2 unspecified atom stereocenters. The Kier molecular flexibility index (Phi) is 72.5. The molecule has 0 heterocycles. The summed E-state index contributed by atoms with van der Waals surface area (Å²) in [6, 6.07) is 0. The number of phosphoric acid groups is 2. The van der Waals surface area contributed by atoms with Crippen molar-refractivity contribution in [3.05, 3.63) is 0 Å². The van der Waals surface area contributed by atoms with Crippen LogP contribution in [0.5, 0.6) is 0 Å². The highest BCUT2D eigenvalue weighted by Gasteiger charge is 2.30. The number of aliphatic hydroxyl groups is 1. The van der Waals surface area contributed by atoms with E-state index < -0.39 is 97.5 Å². The smallest absolute Gasteiger partial charge is 0.462 e. The highest BCUT2D eigenvalue weighted by molar-refractivity contribution is 7.47. The van der Waals surface area contributed by atoms with Crippen molar-refractivity contribution >= 4 is 39.5 Å². The van der Waals surface area contributed by atoms with Crippen LogP contribution in [0, 0.1) is 5.92 Å². The Labute approximate surface area is 613 Å². The first-order valence-corrected chi connectivity index (χ1v) is 45.1. The van der Waals surface area contributed by atoms with Crippen LogP contribution in [0.4, 0.5) is 0 Å². The molecule has 17 nitrogen and oxygen atoms in total. The number of phosphoric ester groups is 2. The summed E-state index contributed by atoms with van der Waals surface area (Å²) in [5.74, 6) is -1.29. The van der Waals surface area contributed by atoms with E-state index >= 15 is 0 Å². The van der Waals surface area contributed by atoms with Crippen LogP contribution in [0.1, 0.15) is 433 Å². The van der Waals surface area contributed by atoms with Gasteiger partial charge >= 0.3 is 39.5 Å². The second-order valence-corrected chi connectivity index (χ2v) is 32.5. The molecular formula is C81H158O17P2. The van der Waals surface area contributed by atoms with Gasteiger partial charge in [0.05, 0.1) is 26.4 Å². The lowest BCUT2D eigenvalue weighted by molar-refractivity contribution is -0.161. The predicted octanol–water partition coefficient (Wildman–Crippen LogP) is 24.4. The van der Waals surface area contributed by atoms with Gasteiger partial charge in [0.25, 0.3) is 0 Å². The van der Waals surface area contributed by atoms with Crippen LogP contribution in [0.3, 0.4) is 0 Å². The zero-order chi connectivity index (χ0) is 73.4. The minimum atomic E-state index is -4.96. The molecule has 0 bridgehead atoms. The topological polar surface area (TPSA) is 237 Å². The van der Waals surface area contributed by atoms with Gasteiger partial charge in [-0.2, -0.15) is 0 Å². The Bertz CT molecular complexity index is 1910. The first kappa shape index (κ1) is 98.1. The molecule has 0 spiro atoms. The van der Waals surface area contributed by atoms with Gasteiger partial charge in [-0.05, 0) is 31.6 Å². The normalized spacial score (nSPS) is 13.8. The van der Waals surface area contributed by atoms with Crippen molar-refractivity contribution in [3.8, 4) is 0 Å². The van der Waals surface area contributed by atoms with Crippen molar-refractivity contribution < 1.29 is 80.2 Å². The zero-order valence-corrected chi connectivity index (χ0v) is 67.1. The third-order valence-electron chi connectivity index (χ3n) is 19.0. The van der Waals surface area contributed by atoms with Crippen molar-refractivity contribution in [3.63, 3.8) is 0 Å². The van der Waals surface area contributed by atoms with E-state index in [0.29, 0.717) is 25.7 Å². The molecule has 594 valence electrons. The molecule has 0 aromatic heterocycles. The highest BCUT2D eigenvalue weighted by atomic mass is 31.2. The summed E-state index contributed by atoms with van der Waals surface area (Å²) in [5, 5.41) is 10.6. The molecule has 0 saturated carbocycles. The number of carbonyl (C=O) groups excluding carboxylic acids is 4. The fourth-order valence-electron chi connectivity index (χ4n) is 12.6. The van der Waals surface area contributed by atoms with Gasteiger partial charge < -0.3 is 33.8 Å². The molecule has 19 heteroatoms. The van der Waals surface area contributed by atoms with Crippen LogP contribution in [0.2, 0.25) is 0 Å². The highest BCUT2D eigenvalue weighted by Crippen LogP contribution is 2.45. The molecule has 0 rings (SSSR count). The van der Waals surface area contributed by atoms with E-state index in [1.165, 1.54) is 257 Å². The zero-order valence-electron chi connectivity index (χ0n) is 65.3. The second kappa shape index (κ2) is 73.9. The molecule has 3 N–H and O–H groups in total. The van der Waals surface area contributed by atoms with Crippen molar-refractivity contribution in [2.45, 2.75) is 451 Å². The van der Waals surface area contributed by atoms with Gasteiger partial charge in [-0.3, -0.25) is 37.3 Å². The number of aliphatic hydroxyl groups excluding tert-OH is 1. The minimum absolute atomic E-state index is 0.108. The number of hydrogen-bond donors (Lipinski definition) is 3. The number of rotatable bonds is 81. The molecule has 0 aliphatic heterocycles. The van der Waals surface area contributed by atoms with Gasteiger partial charge in [0.1, 0.15) is 19.3 Å². The first-order chi connectivity index (χ1) is 48.5. The fraction of sp³-hybridized carbons (Fsp3) is 0.951. The van der Waals surface area contributed by atoms with Gasteiger partial charge in [-0.1, -0.05) is 381 Å². The van der Waals surface area contributed by atoms with Crippen LogP contribution in [0.25, 0.3) is 0 Å². The van der Waals surface area contributed by atoms with Crippen molar-refractivity contribution in [1.29, 1.82) is 0 Å². The summed E-state index contributed by atoms with van der Waals surface area (Å²) in [6.45, 7) is 7.37. The number of unbranched alkanes of at least 4 members (excludes halogenated alkanes) is 53. The Balaban J connectivity index is 5.24. The molecule has 0 amide bonds. The van der Waals surface area contributed by atoms with Gasteiger partial charge in [-0.15, -0.1) is 0 Å². The first-order valence-electron chi connectivity index (χ1n) is 42.1. The largest absolute Gasteiger partial charge is 0.472 e. The van der Waals surface area contributed by atoms with Crippen LogP contribution < -0.4 is 0 Å². The van der Waals surface area contributed by atoms with Crippen LogP contribution in [-0.2, 0) is 65.4 Å². The third-order valence-corrected chi connectivity index (χ3v) is 20.9. The molecule has 0 aliphatic rings. The van der Waals surface area contributed by atoms with E-state index in [4.69, 9.17) is 37.0 Å². The maximum Gasteiger partial charge on any atom is 0.472 e. The third kappa shape index (κ3) is 74.3. The minimum Gasteiger partial charge on any atom is -0.462 e.